The molecular formula is C11H15NO5. The first-order chi connectivity index (χ1) is 8.13. The first-order valence-electron chi connectivity index (χ1n) is 5.47. The Hall–Kier alpha value is -1.85. The molecule has 0 N–H and O–H groups in total. The Labute approximate surface area is 99.0 Å². The highest BCUT2D eigenvalue weighted by atomic mass is 16.6. The summed E-state index contributed by atoms with van der Waals surface area (Å²) in [7, 11) is 0. The van der Waals surface area contributed by atoms with Gasteiger partial charge in [-0.1, -0.05) is 0 Å². The van der Waals surface area contributed by atoms with Gasteiger partial charge in [0.05, 0.1) is 30.6 Å². The Balaban J connectivity index is 2.35. The van der Waals surface area contributed by atoms with E-state index in [0.717, 1.165) is 0 Å². The monoisotopic (exact) mass is 241 g/mol. The van der Waals surface area contributed by atoms with Crippen molar-refractivity contribution in [3.63, 3.8) is 0 Å². The van der Waals surface area contributed by atoms with Crippen LogP contribution in [0.25, 0.3) is 0 Å². The van der Waals surface area contributed by atoms with E-state index in [-0.39, 0.29) is 24.7 Å². The van der Waals surface area contributed by atoms with E-state index in [9.17, 15) is 14.9 Å². The number of hydrogen-bond acceptors (Lipinski definition) is 5. The van der Waals surface area contributed by atoms with E-state index in [2.05, 4.69) is 0 Å². The Kier molecular flexibility index (Phi) is 5.19. The van der Waals surface area contributed by atoms with E-state index in [4.69, 9.17) is 9.47 Å². The van der Waals surface area contributed by atoms with Gasteiger partial charge in [-0.25, -0.2) is 0 Å². The Morgan fingerprint density at radius 1 is 1.59 bits per heavy atom. The fourth-order valence-electron chi connectivity index (χ4n) is 1.39. The van der Waals surface area contributed by atoms with E-state index in [1.807, 2.05) is 0 Å². The van der Waals surface area contributed by atoms with Gasteiger partial charge in [-0.15, -0.1) is 0 Å². The summed E-state index contributed by atoms with van der Waals surface area (Å²) in [6, 6.07) is 0. The maximum atomic E-state index is 11.0. The summed E-state index contributed by atoms with van der Waals surface area (Å²) in [5.41, 5.74) is 0.138. The number of allylic oxidation sites excluding steroid dienone is 3. The lowest BCUT2D eigenvalue weighted by molar-refractivity contribution is -0.428. The van der Waals surface area contributed by atoms with E-state index < -0.39 is 4.92 Å². The lowest BCUT2D eigenvalue weighted by atomic mass is 10.1. The highest BCUT2D eigenvalue weighted by Gasteiger charge is 2.15. The molecule has 0 amide bonds. The van der Waals surface area contributed by atoms with Crippen molar-refractivity contribution >= 4 is 5.97 Å². The summed E-state index contributed by atoms with van der Waals surface area (Å²) < 4.78 is 9.99. The number of nitro groups is 1. The van der Waals surface area contributed by atoms with Crippen molar-refractivity contribution in [2.75, 3.05) is 13.2 Å². The highest BCUT2D eigenvalue weighted by molar-refractivity contribution is 5.69. The molecule has 0 fully saturated rings. The molecule has 17 heavy (non-hydrogen) atoms. The number of esters is 1. The molecule has 0 spiro atoms. The summed E-state index contributed by atoms with van der Waals surface area (Å²) in [4.78, 5) is 21.1. The zero-order chi connectivity index (χ0) is 12.7. The molecule has 0 radical (unpaired) electrons. The molecule has 6 nitrogen and oxygen atoms in total. The zero-order valence-corrected chi connectivity index (χ0v) is 9.68. The van der Waals surface area contributed by atoms with Gasteiger partial charge in [0.1, 0.15) is 5.76 Å². The second-order valence-corrected chi connectivity index (χ2v) is 3.44. The fraction of sp³-hybridized carbons (Fsp3) is 0.545. The highest BCUT2D eigenvalue weighted by Crippen LogP contribution is 2.18. The van der Waals surface area contributed by atoms with Crippen molar-refractivity contribution < 1.29 is 19.2 Å². The topological polar surface area (TPSA) is 78.7 Å². The number of rotatable bonds is 6. The van der Waals surface area contributed by atoms with Crippen molar-refractivity contribution in [2.24, 2.45) is 0 Å². The largest absolute Gasteiger partial charge is 0.493 e. The van der Waals surface area contributed by atoms with E-state index in [0.29, 0.717) is 25.2 Å². The van der Waals surface area contributed by atoms with Gasteiger partial charge >= 0.3 is 5.97 Å². The molecule has 0 aromatic heterocycles. The van der Waals surface area contributed by atoms with E-state index in [1.165, 1.54) is 6.08 Å². The average Bonchev–Trinajstić information content (AvgIpc) is 2.30. The minimum Gasteiger partial charge on any atom is -0.493 e. The van der Waals surface area contributed by atoms with Crippen LogP contribution in [0, 0.1) is 10.1 Å². The third kappa shape index (κ3) is 4.67. The predicted molar refractivity (Wildman–Crippen MR) is 59.6 cm³/mol. The lowest BCUT2D eigenvalue weighted by Crippen LogP contribution is -2.09. The van der Waals surface area contributed by atoms with Crippen LogP contribution in [-0.4, -0.2) is 24.1 Å². The minimum absolute atomic E-state index is 0.138. The molecule has 0 heterocycles. The first-order valence-corrected chi connectivity index (χ1v) is 5.47. The van der Waals surface area contributed by atoms with Crippen LogP contribution in [0.4, 0.5) is 0 Å². The molecule has 0 bridgehead atoms. The minimum atomic E-state index is -0.415. The maximum Gasteiger partial charge on any atom is 0.309 e. The van der Waals surface area contributed by atoms with Crippen LogP contribution in [0.5, 0.6) is 0 Å². The summed E-state index contributed by atoms with van der Waals surface area (Å²) in [5.74, 6) is 0.120. The number of nitrogens with zero attached hydrogens (tertiary/aromatic N) is 1. The second kappa shape index (κ2) is 6.67. The molecule has 1 rings (SSSR count). The van der Waals surface area contributed by atoms with Gasteiger partial charge in [0, 0.05) is 6.42 Å². The smallest absolute Gasteiger partial charge is 0.309 e. The van der Waals surface area contributed by atoms with Crippen molar-refractivity contribution in [1.82, 2.24) is 0 Å². The van der Waals surface area contributed by atoms with Gasteiger partial charge in [0.2, 0.25) is 5.70 Å². The van der Waals surface area contributed by atoms with Crippen LogP contribution in [-0.2, 0) is 14.3 Å². The summed E-state index contributed by atoms with van der Waals surface area (Å²) >= 11 is 0. The van der Waals surface area contributed by atoms with Crippen molar-refractivity contribution in [1.29, 1.82) is 0 Å². The molecule has 0 aromatic carbocycles. The SMILES string of the molecule is CCOC(=O)CCOC1=CCCC([N+](=O)[O-])=C1. The quantitative estimate of drug-likeness (QED) is 0.402. The molecule has 1 aliphatic rings. The Morgan fingerprint density at radius 2 is 2.35 bits per heavy atom. The maximum absolute atomic E-state index is 11.0. The third-order valence-corrected chi connectivity index (χ3v) is 2.17. The predicted octanol–water partition coefficient (Wildman–Crippen LogP) is 1.79. The number of carbonyl (C=O) groups is 1. The van der Waals surface area contributed by atoms with E-state index in [1.54, 1.807) is 13.0 Å². The van der Waals surface area contributed by atoms with Crippen LogP contribution in [0.15, 0.2) is 23.6 Å². The Bertz CT molecular complexity index is 359. The number of ether oxygens (including phenoxy) is 2. The molecule has 6 heteroatoms. The summed E-state index contributed by atoms with van der Waals surface area (Å²) in [6.45, 7) is 2.24. The van der Waals surface area contributed by atoms with Gasteiger partial charge < -0.3 is 9.47 Å². The molecule has 1 aliphatic carbocycles. The Morgan fingerprint density at radius 3 is 3.00 bits per heavy atom. The van der Waals surface area contributed by atoms with Crippen LogP contribution in [0.1, 0.15) is 26.2 Å². The molecule has 0 aromatic rings. The molecule has 0 atom stereocenters. The van der Waals surface area contributed by atoms with Gasteiger partial charge in [-0.3, -0.25) is 14.9 Å². The normalized spacial score (nSPS) is 14.6. The molecule has 0 saturated heterocycles. The number of carbonyl (C=O) groups excluding carboxylic acids is 1. The average molecular weight is 241 g/mol. The van der Waals surface area contributed by atoms with Gasteiger partial charge in [-0.2, -0.15) is 0 Å². The van der Waals surface area contributed by atoms with Crippen LogP contribution in [0.3, 0.4) is 0 Å². The zero-order valence-electron chi connectivity index (χ0n) is 9.68. The molecular weight excluding hydrogens is 226 g/mol. The van der Waals surface area contributed by atoms with Crippen LogP contribution in [0.2, 0.25) is 0 Å². The van der Waals surface area contributed by atoms with Gasteiger partial charge in [-0.05, 0) is 19.4 Å². The first kappa shape index (κ1) is 13.2. The van der Waals surface area contributed by atoms with Crippen LogP contribution < -0.4 is 0 Å². The van der Waals surface area contributed by atoms with Crippen molar-refractivity contribution in [3.05, 3.63) is 33.7 Å². The lowest BCUT2D eigenvalue weighted by Gasteiger charge is -2.10. The third-order valence-electron chi connectivity index (χ3n) is 2.17. The summed E-state index contributed by atoms with van der Waals surface area (Å²) in [5, 5.41) is 10.5. The van der Waals surface area contributed by atoms with Crippen molar-refractivity contribution in [2.45, 2.75) is 26.2 Å². The second-order valence-electron chi connectivity index (χ2n) is 3.44. The fourth-order valence-corrected chi connectivity index (χ4v) is 1.39. The van der Waals surface area contributed by atoms with Crippen LogP contribution >= 0.6 is 0 Å². The van der Waals surface area contributed by atoms with E-state index >= 15 is 0 Å². The summed E-state index contributed by atoms with van der Waals surface area (Å²) in [6.07, 6.45) is 4.32. The van der Waals surface area contributed by atoms with Gasteiger partial charge in [0.25, 0.3) is 0 Å². The standard InChI is InChI=1S/C11H15NO5/c1-2-16-11(13)6-7-17-10-5-3-4-9(8-10)12(14)15/h5,8H,2-4,6-7H2,1H3. The molecule has 0 unspecified atom stereocenters. The van der Waals surface area contributed by atoms with Crippen molar-refractivity contribution in [3.8, 4) is 0 Å². The molecule has 94 valence electrons. The molecule has 0 aliphatic heterocycles. The number of hydrogen-bond donors (Lipinski definition) is 0. The molecule has 0 saturated carbocycles. The van der Waals surface area contributed by atoms with Gasteiger partial charge in [0.15, 0.2) is 0 Å².